The van der Waals surface area contributed by atoms with Gasteiger partial charge in [-0.3, -0.25) is 9.89 Å². The van der Waals surface area contributed by atoms with E-state index in [9.17, 15) is 13.6 Å². The molecule has 72 valence electrons. The van der Waals surface area contributed by atoms with Crippen molar-refractivity contribution in [2.45, 2.75) is 12.5 Å². The number of hydrogen-bond donors (Lipinski definition) is 1. The lowest BCUT2D eigenvalue weighted by molar-refractivity contribution is -0.142. The van der Waals surface area contributed by atoms with Gasteiger partial charge in [-0.2, -0.15) is 5.10 Å². The van der Waals surface area contributed by atoms with Gasteiger partial charge >= 0.3 is 0 Å². The normalized spacial score (nSPS) is 12.9. The minimum Gasteiger partial charge on any atom is -0.452 e. The number of aromatic nitrogens is 2. The number of hydrogen-bond acceptors (Lipinski definition) is 3. The van der Waals surface area contributed by atoms with Gasteiger partial charge in [-0.05, 0) is 0 Å². The first kappa shape index (κ1) is 9.91. The molecular weight excluding hydrogens is 206 g/mol. The van der Waals surface area contributed by atoms with Gasteiger partial charge in [0.15, 0.2) is 0 Å². The van der Waals surface area contributed by atoms with Gasteiger partial charge in [0, 0.05) is 0 Å². The van der Waals surface area contributed by atoms with Crippen LogP contribution in [0, 0.1) is 0 Å². The van der Waals surface area contributed by atoms with E-state index in [1.165, 1.54) is 0 Å². The molecule has 0 spiro atoms. The second kappa shape index (κ2) is 4.18. The average Bonchev–Trinajstić information content (AvgIpc) is 2.47. The Morgan fingerprint density at radius 3 is 2.77 bits per heavy atom. The predicted molar refractivity (Wildman–Crippen MR) is 39.5 cm³/mol. The lowest BCUT2D eigenvalue weighted by Gasteiger charge is -2.11. The zero-order chi connectivity index (χ0) is 9.84. The van der Waals surface area contributed by atoms with E-state index in [2.05, 4.69) is 14.9 Å². The van der Waals surface area contributed by atoms with Crippen LogP contribution in [-0.4, -0.2) is 23.1 Å². The highest BCUT2D eigenvalue weighted by atomic mass is 35.5. The molecule has 1 aromatic rings. The van der Waals surface area contributed by atoms with Gasteiger partial charge in [-0.15, -0.1) is 0 Å². The van der Waals surface area contributed by atoms with Gasteiger partial charge < -0.3 is 4.74 Å². The zero-order valence-electron chi connectivity index (χ0n) is 6.21. The largest absolute Gasteiger partial charge is 0.452 e. The van der Waals surface area contributed by atoms with Crippen molar-refractivity contribution in [1.82, 2.24) is 10.2 Å². The number of carbonyl (C=O) groups is 1. The third-order valence-corrected chi connectivity index (χ3v) is 1.64. The first-order valence-corrected chi connectivity index (χ1v) is 3.60. The molecule has 7 heteroatoms. The maximum Gasteiger partial charge on any atom is 0.293 e. The molecular formula is C6H5ClF2N2O2. The average molecular weight is 211 g/mol. The molecule has 1 heterocycles. The Hall–Kier alpha value is -1.17. The fraction of sp³-hybridized carbons (Fsp3) is 0.333. The van der Waals surface area contributed by atoms with Crippen molar-refractivity contribution in [2.24, 2.45) is 0 Å². The lowest BCUT2D eigenvalue weighted by atomic mass is 10.2. The van der Waals surface area contributed by atoms with Gasteiger partial charge in [-0.25, -0.2) is 8.78 Å². The molecule has 0 saturated carbocycles. The Kier molecular flexibility index (Phi) is 3.18. The van der Waals surface area contributed by atoms with Crippen LogP contribution in [-0.2, 0) is 9.53 Å². The van der Waals surface area contributed by atoms with E-state index >= 15 is 0 Å². The summed E-state index contributed by atoms with van der Waals surface area (Å²) in [5.74, 6) is 0. The van der Waals surface area contributed by atoms with Crippen LogP contribution in [0.5, 0.6) is 0 Å². The fourth-order valence-electron chi connectivity index (χ4n) is 0.794. The minimum atomic E-state index is -2.84. The number of nitrogens with one attached hydrogen (secondary N) is 1. The summed E-state index contributed by atoms with van der Waals surface area (Å²) in [6.45, 7) is -0.0615. The SMILES string of the molecule is O=COC(c1[nH]ncc1Cl)C(F)F. The summed E-state index contributed by atoms with van der Waals surface area (Å²) in [6.07, 6.45) is -3.38. The molecule has 0 bridgehead atoms. The second-order valence-electron chi connectivity index (χ2n) is 2.12. The van der Waals surface area contributed by atoms with Gasteiger partial charge in [-0.1, -0.05) is 11.6 Å². The minimum absolute atomic E-state index is 0.00662. The predicted octanol–water partition coefficient (Wildman–Crippen LogP) is 1.54. The van der Waals surface area contributed by atoms with Crippen LogP contribution >= 0.6 is 11.6 Å². The third kappa shape index (κ3) is 2.15. The van der Waals surface area contributed by atoms with Crippen molar-refractivity contribution >= 4 is 18.1 Å². The quantitative estimate of drug-likeness (QED) is 0.767. The molecule has 0 aliphatic heterocycles. The molecule has 0 aliphatic rings. The first-order valence-electron chi connectivity index (χ1n) is 3.23. The monoisotopic (exact) mass is 210 g/mol. The zero-order valence-corrected chi connectivity index (χ0v) is 6.96. The van der Waals surface area contributed by atoms with E-state index < -0.39 is 12.5 Å². The number of ether oxygens (including phenoxy) is 1. The van der Waals surface area contributed by atoms with Crippen molar-refractivity contribution in [3.63, 3.8) is 0 Å². The summed E-state index contributed by atoms with van der Waals surface area (Å²) < 4.78 is 28.6. The molecule has 1 atom stereocenters. The summed E-state index contributed by atoms with van der Waals surface area (Å²) in [7, 11) is 0. The first-order chi connectivity index (χ1) is 6.16. The van der Waals surface area contributed by atoms with Crippen molar-refractivity contribution in [3.05, 3.63) is 16.9 Å². The molecule has 0 aromatic carbocycles. The highest BCUT2D eigenvalue weighted by molar-refractivity contribution is 6.31. The van der Waals surface area contributed by atoms with Gasteiger partial charge in [0.05, 0.1) is 11.2 Å². The van der Waals surface area contributed by atoms with E-state index in [0.717, 1.165) is 6.20 Å². The second-order valence-corrected chi connectivity index (χ2v) is 2.53. The van der Waals surface area contributed by atoms with Crippen LogP contribution < -0.4 is 0 Å². The van der Waals surface area contributed by atoms with Crippen LogP contribution in [0.25, 0.3) is 0 Å². The van der Waals surface area contributed by atoms with Crippen LogP contribution in [0.4, 0.5) is 8.78 Å². The van der Waals surface area contributed by atoms with Crippen molar-refractivity contribution in [2.75, 3.05) is 0 Å². The molecule has 1 N–H and O–H groups in total. The number of alkyl halides is 2. The Morgan fingerprint density at radius 2 is 2.38 bits per heavy atom. The molecule has 1 rings (SSSR count). The molecule has 0 saturated heterocycles. The Labute approximate surface area is 76.8 Å². The summed E-state index contributed by atoms with van der Waals surface area (Å²) >= 11 is 5.49. The topological polar surface area (TPSA) is 55.0 Å². The standard InChI is InChI=1S/C6H5ClF2N2O2/c7-3-1-10-11-4(3)5(6(8)9)13-2-12/h1-2,5-6H,(H,10,11). The molecule has 0 amide bonds. The van der Waals surface area contributed by atoms with E-state index in [-0.39, 0.29) is 17.2 Å². The Balaban J connectivity index is 2.87. The smallest absolute Gasteiger partial charge is 0.293 e. The Morgan fingerprint density at radius 1 is 1.69 bits per heavy atom. The van der Waals surface area contributed by atoms with Gasteiger partial charge in [0.1, 0.15) is 5.69 Å². The highest BCUT2D eigenvalue weighted by Crippen LogP contribution is 2.27. The number of rotatable bonds is 4. The molecule has 0 aliphatic carbocycles. The van der Waals surface area contributed by atoms with E-state index in [4.69, 9.17) is 11.6 Å². The Bertz CT molecular complexity index is 292. The molecule has 1 unspecified atom stereocenters. The van der Waals surface area contributed by atoms with Crippen LogP contribution in [0.15, 0.2) is 6.20 Å². The molecule has 13 heavy (non-hydrogen) atoms. The highest BCUT2D eigenvalue weighted by Gasteiger charge is 2.27. The number of H-pyrrole nitrogens is 1. The summed E-state index contributed by atoms with van der Waals surface area (Å²) in [6, 6.07) is 0. The van der Waals surface area contributed by atoms with Crippen molar-refractivity contribution in [1.29, 1.82) is 0 Å². The maximum atomic E-state index is 12.2. The van der Waals surface area contributed by atoms with Gasteiger partial charge in [0.2, 0.25) is 6.10 Å². The lowest BCUT2D eigenvalue weighted by Crippen LogP contribution is -2.13. The van der Waals surface area contributed by atoms with Crippen molar-refractivity contribution in [3.8, 4) is 0 Å². The molecule has 0 radical (unpaired) electrons. The molecule has 4 nitrogen and oxygen atoms in total. The van der Waals surface area contributed by atoms with Gasteiger partial charge in [0.25, 0.3) is 12.9 Å². The van der Waals surface area contributed by atoms with Crippen LogP contribution in [0.2, 0.25) is 5.02 Å². The van der Waals surface area contributed by atoms with E-state index in [1.807, 2.05) is 0 Å². The summed E-state index contributed by atoms with van der Waals surface area (Å²) in [4.78, 5) is 9.89. The number of halogens is 3. The number of aromatic amines is 1. The summed E-state index contributed by atoms with van der Waals surface area (Å²) in [5, 5.41) is 5.65. The molecule has 0 fully saturated rings. The summed E-state index contributed by atoms with van der Waals surface area (Å²) in [5.41, 5.74) is -0.108. The van der Waals surface area contributed by atoms with Crippen LogP contribution in [0.1, 0.15) is 11.8 Å². The van der Waals surface area contributed by atoms with Crippen LogP contribution in [0.3, 0.4) is 0 Å². The third-order valence-electron chi connectivity index (χ3n) is 1.34. The number of carbonyl (C=O) groups excluding carboxylic acids is 1. The maximum absolute atomic E-state index is 12.2. The molecule has 1 aromatic heterocycles. The van der Waals surface area contributed by atoms with E-state index in [0.29, 0.717) is 0 Å². The van der Waals surface area contributed by atoms with Crippen molar-refractivity contribution < 1.29 is 18.3 Å². The van der Waals surface area contributed by atoms with E-state index in [1.54, 1.807) is 0 Å². The fourth-order valence-corrected chi connectivity index (χ4v) is 0.993. The number of nitrogens with zero attached hydrogens (tertiary/aromatic N) is 1.